The van der Waals surface area contributed by atoms with Gasteiger partial charge >= 0.3 is 24.4 Å². The molecule has 10 rings (SSSR count). The molecule has 2 saturated carbocycles. The first-order chi connectivity index (χ1) is 37.3. The Morgan fingerprint density at radius 2 is 1.39 bits per heavy atom. The third kappa shape index (κ3) is 17.2. The number of alkyl halides is 8. The molecule has 24 nitrogen and oxygen atoms in total. The zero-order chi connectivity index (χ0) is 57.7. The van der Waals surface area contributed by atoms with Crippen LogP contribution < -0.4 is 21.3 Å². The van der Waals surface area contributed by atoms with Crippen LogP contribution >= 0.6 is 0 Å². The highest BCUT2D eigenvalue weighted by Crippen LogP contribution is 2.40. The van der Waals surface area contributed by atoms with E-state index in [2.05, 4.69) is 66.1 Å². The average Bonchev–Trinajstić information content (AvgIpc) is 4.12. The summed E-state index contributed by atoms with van der Waals surface area (Å²) in [5.74, 6) is -2.65. The van der Waals surface area contributed by atoms with E-state index in [1.54, 1.807) is 49.0 Å². The van der Waals surface area contributed by atoms with Crippen molar-refractivity contribution in [2.45, 2.75) is 128 Å². The van der Waals surface area contributed by atoms with Crippen LogP contribution in [-0.4, -0.2) is 161 Å². The largest absolute Gasteiger partial charge is 0.416 e. The molecule has 6 aromatic heterocycles. The third-order valence-corrected chi connectivity index (χ3v) is 12.2. The molecule has 8 heterocycles. The number of fused-ring (bicyclic) bond motifs is 2. The number of imidazole rings is 2. The summed E-state index contributed by atoms with van der Waals surface area (Å²) in [6.45, 7) is 4.76. The van der Waals surface area contributed by atoms with Gasteiger partial charge in [0.25, 0.3) is 11.8 Å². The molecule has 6 aromatic rings. The fourth-order valence-corrected chi connectivity index (χ4v) is 7.67. The molecular formula is C47H60F8N16O8. The summed E-state index contributed by atoms with van der Waals surface area (Å²) < 4.78 is 122. The lowest BCUT2D eigenvalue weighted by Crippen LogP contribution is -2.42. The number of halogens is 8. The minimum absolute atomic E-state index is 0.0699. The van der Waals surface area contributed by atoms with Crippen molar-refractivity contribution >= 4 is 35.2 Å². The zero-order valence-corrected chi connectivity index (χ0v) is 43.9. The Bertz CT molecular complexity index is 2980. The fourth-order valence-electron chi connectivity index (χ4n) is 7.67. The van der Waals surface area contributed by atoms with Gasteiger partial charge in [0.05, 0.1) is 55.9 Å². The minimum atomic E-state index is -4.53. The van der Waals surface area contributed by atoms with Crippen LogP contribution in [0.3, 0.4) is 0 Å². The van der Waals surface area contributed by atoms with Gasteiger partial charge in [-0.3, -0.25) is 9.59 Å². The molecule has 1 unspecified atom stereocenters. The van der Waals surface area contributed by atoms with E-state index in [0.717, 1.165) is 43.6 Å². The lowest BCUT2D eigenvalue weighted by Gasteiger charge is -2.27. The van der Waals surface area contributed by atoms with Gasteiger partial charge < -0.3 is 40.5 Å². The molecule has 432 valence electrons. The highest BCUT2D eigenvalue weighted by Gasteiger charge is 2.49. The molecule has 2 saturated heterocycles. The normalized spacial score (nSPS) is 17.1. The van der Waals surface area contributed by atoms with Crippen LogP contribution in [0.2, 0.25) is 0 Å². The van der Waals surface area contributed by atoms with E-state index in [0.29, 0.717) is 72.1 Å². The molecular weight excluding hydrogens is 1070 g/mol. The first-order valence-corrected chi connectivity index (χ1v) is 24.7. The molecule has 0 spiro atoms. The second-order valence-electron chi connectivity index (χ2n) is 19.0. The Morgan fingerprint density at radius 3 is 1.90 bits per heavy atom. The number of aryl methyl sites for hydroxylation is 1. The lowest BCUT2D eigenvalue weighted by atomic mass is 9.97. The topological polar surface area (TPSA) is 280 Å². The Kier molecular flexibility index (Phi) is 20.2. The van der Waals surface area contributed by atoms with Gasteiger partial charge in [0, 0.05) is 72.6 Å². The summed E-state index contributed by atoms with van der Waals surface area (Å²) in [6.07, 6.45) is 2.12. The van der Waals surface area contributed by atoms with Gasteiger partial charge in [-0.05, 0) is 80.0 Å². The zero-order valence-electron chi connectivity index (χ0n) is 43.9. The first-order valence-electron chi connectivity index (χ1n) is 24.7. The summed E-state index contributed by atoms with van der Waals surface area (Å²) in [4.78, 5) is 58.1. The Labute approximate surface area is 445 Å². The van der Waals surface area contributed by atoms with E-state index in [1.807, 2.05) is 11.4 Å². The molecule has 0 radical (unpaired) electrons. The first kappa shape index (κ1) is 60.6. The fraction of sp³-hybridized carbons (Fsp3) is 0.574. The molecule has 32 heteroatoms. The number of nitrogens with zero attached hydrogens (tertiary/aromatic N) is 12. The quantitative estimate of drug-likeness (QED) is 0.0949. The Hall–Kier alpha value is -7.64. The third-order valence-electron chi connectivity index (χ3n) is 12.2. The molecule has 2 aliphatic carbocycles. The Balaban J connectivity index is 0.000000188. The van der Waals surface area contributed by atoms with E-state index >= 15 is 0 Å². The molecule has 0 aromatic carbocycles. The number of hydrogen-bond acceptors (Lipinski definition) is 16. The summed E-state index contributed by atoms with van der Waals surface area (Å²) in [7, 11) is 4.77. The van der Waals surface area contributed by atoms with Crippen LogP contribution in [0.25, 0.3) is 11.3 Å². The van der Waals surface area contributed by atoms with E-state index in [-0.39, 0.29) is 74.1 Å². The Morgan fingerprint density at radius 1 is 0.810 bits per heavy atom. The second kappa shape index (κ2) is 26.3. The molecule has 0 bridgehead atoms. The number of carbonyl (C=O) groups is 4. The number of ether oxygens (including phenoxy) is 2. The van der Waals surface area contributed by atoms with Crippen LogP contribution in [0.15, 0.2) is 46.2 Å². The summed E-state index contributed by atoms with van der Waals surface area (Å²) in [5.41, 5.74) is 2.80. The van der Waals surface area contributed by atoms with E-state index in [4.69, 9.17) is 9.37 Å². The predicted molar refractivity (Wildman–Crippen MR) is 259 cm³/mol. The van der Waals surface area contributed by atoms with Crippen LogP contribution in [0.1, 0.15) is 120 Å². The standard InChI is InChI=1S/C17H19F6N5O2.C17H18N8O3.C6H10F2.C5H7N3O2.C2H6O/c1-15(2,17(21,22)23)30-4-3-11-8-28-13(25-11)5-10(6-24-28)7-27-9-12(16(18,19)20)26-14(27)29;26-16(15-14(11-1-2-11)22-28-23-15)19-7-12-9-25-13(21-12)5-10(6-20-25)8-24-4-3-18-17(24)27;7-6(8)4-2-1-3-5-6;1-3-4(5(9)6-2)8-10-7-3;1-3-2/h5-6,8,12H,3-4,7,9H2,1-2H3,(H,26,29);5-6,9,11H,1-4,7-8H2,(H,18,27)(H,19,26);1-5H2;1-2H3,(H,6,9);1-2H3. The highest BCUT2D eigenvalue weighted by molar-refractivity contribution is 5.93. The highest BCUT2D eigenvalue weighted by atomic mass is 19.4. The number of carbonyl (C=O) groups excluding carboxylic acids is 4. The molecule has 4 fully saturated rings. The van der Waals surface area contributed by atoms with Crippen molar-refractivity contribution in [2.24, 2.45) is 0 Å². The number of aromatic nitrogens is 10. The van der Waals surface area contributed by atoms with Crippen molar-refractivity contribution in [1.29, 1.82) is 0 Å². The molecule has 1 atom stereocenters. The number of hydrogen-bond donors (Lipinski definition) is 4. The summed E-state index contributed by atoms with van der Waals surface area (Å²) in [5, 5.41) is 32.7. The number of rotatable bonds is 13. The molecule has 79 heavy (non-hydrogen) atoms. The van der Waals surface area contributed by atoms with Crippen LogP contribution in [0.4, 0.5) is 44.7 Å². The maximum absolute atomic E-state index is 12.8. The molecule has 4 N–H and O–H groups in total. The number of nitrogens with one attached hydrogen (secondary N) is 4. The van der Waals surface area contributed by atoms with Gasteiger partial charge in [-0.2, -0.15) is 36.5 Å². The molecule has 6 amide bonds. The number of urea groups is 2. The molecule has 2 aliphatic heterocycles. The smallest absolute Gasteiger partial charge is 0.388 e. The summed E-state index contributed by atoms with van der Waals surface area (Å²) >= 11 is 0. The lowest BCUT2D eigenvalue weighted by molar-refractivity contribution is -0.263. The van der Waals surface area contributed by atoms with Gasteiger partial charge in [-0.1, -0.05) is 16.7 Å². The number of methoxy groups -OCH3 is 1. The van der Waals surface area contributed by atoms with Gasteiger partial charge in [-0.15, -0.1) is 0 Å². The minimum Gasteiger partial charge on any atom is -0.388 e. The van der Waals surface area contributed by atoms with Crippen molar-refractivity contribution in [3.8, 4) is 0 Å². The molecule has 4 aliphatic rings. The van der Waals surface area contributed by atoms with E-state index < -0.39 is 42.5 Å². The van der Waals surface area contributed by atoms with Crippen LogP contribution in [0.5, 0.6) is 0 Å². The van der Waals surface area contributed by atoms with E-state index in [1.165, 1.54) is 24.0 Å². The number of amides is 6. The summed E-state index contributed by atoms with van der Waals surface area (Å²) in [6, 6.07) is 0.605. The van der Waals surface area contributed by atoms with Crippen molar-refractivity contribution in [3.05, 3.63) is 82.2 Å². The monoisotopic (exact) mass is 1130 g/mol. The van der Waals surface area contributed by atoms with Gasteiger partial charge in [0.2, 0.25) is 5.92 Å². The second-order valence-corrected chi connectivity index (χ2v) is 19.0. The maximum Gasteiger partial charge on any atom is 0.416 e. The van der Waals surface area contributed by atoms with E-state index in [9.17, 15) is 54.3 Å². The van der Waals surface area contributed by atoms with Crippen molar-refractivity contribution < 1.29 is 73.0 Å². The van der Waals surface area contributed by atoms with Gasteiger partial charge in [0.15, 0.2) is 28.3 Å². The maximum atomic E-state index is 12.8. The van der Waals surface area contributed by atoms with Gasteiger partial charge in [0.1, 0.15) is 17.4 Å². The van der Waals surface area contributed by atoms with Gasteiger partial charge in [-0.25, -0.2) is 46.6 Å². The van der Waals surface area contributed by atoms with Crippen LogP contribution in [-0.2, 0) is 35.5 Å². The van der Waals surface area contributed by atoms with Crippen LogP contribution in [0, 0.1) is 6.92 Å². The SMILES string of the molecule is CC(C)(OCCc1cn2ncc(CN3CC(C(F)(F)F)NC3=O)cc2n1)C(F)(F)F.CNC(=O)c1nonc1C.COC.FC1(F)CCCCC1.O=C(NCc1cn2ncc(CN3CCNC3=O)cc2n1)c1nonc1C1CC1. The van der Waals surface area contributed by atoms with Crippen molar-refractivity contribution in [3.63, 3.8) is 0 Å². The van der Waals surface area contributed by atoms with Crippen molar-refractivity contribution in [2.75, 3.05) is 47.5 Å². The van der Waals surface area contributed by atoms with Crippen molar-refractivity contribution in [1.82, 2.24) is 80.9 Å². The predicted octanol–water partition coefficient (Wildman–Crippen LogP) is 6.12. The average molecular weight is 1130 g/mol.